The predicted octanol–water partition coefficient (Wildman–Crippen LogP) is 2.67. The molecule has 0 aliphatic carbocycles. The van der Waals surface area contributed by atoms with Crippen molar-refractivity contribution < 1.29 is 33.7 Å². The maximum atomic E-state index is 12.9. The van der Waals surface area contributed by atoms with Crippen molar-refractivity contribution in [3.8, 4) is 17.2 Å². The molecule has 0 saturated heterocycles. The molecular formula is C27H26N2O7. The van der Waals surface area contributed by atoms with Gasteiger partial charge in [0.1, 0.15) is 12.7 Å². The number of carbonyl (C=O) groups excluding carboxylic acids is 3. The maximum Gasteiger partial charge on any atom is 0.261 e. The Labute approximate surface area is 208 Å². The number of hydrogen-bond donors (Lipinski definition) is 2. The molecular weight excluding hydrogens is 464 g/mol. The smallest absolute Gasteiger partial charge is 0.261 e. The molecule has 3 aromatic rings. The number of ether oxygens (including phenoxy) is 3. The van der Waals surface area contributed by atoms with E-state index in [0.717, 1.165) is 10.5 Å². The van der Waals surface area contributed by atoms with Gasteiger partial charge < -0.3 is 24.6 Å². The summed E-state index contributed by atoms with van der Waals surface area (Å²) in [5, 5.41) is 12.9. The summed E-state index contributed by atoms with van der Waals surface area (Å²) in [6, 6.07) is 18.7. The first-order valence-corrected chi connectivity index (χ1v) is 11.3. The van der Waals surface area contributed by atoms with E-state index in [0.29, 0.717) is 17.2 Å². The van der Waals surface area contributed by atoms with E-state index < -0.39 is 23.8 Å². The molecule has 3 aromatic carbocycles. The molecule has 3 amide bonds. The monoisotopic (exact) mass is 490 g/mol. The van der Waals surface area contributed by atoms with Gasteiger partial charge in [0, 0.05) is 12.1 Å². The minimum absolute atomic E-state index is 0.0968. The van der Waals surface area contributed by atoms with Crippen LogP contribution in [0.15, 0.2) is 66.7 Å². The Morgan fingerprint density at radius 1 is 0.917 bits per heavy atom. The third kappa shape index (κ3) is 5.16. The van der Waals surface area contributed by atoms with Gasteiger partial charge >= 0.3 is 0 Å². The fourth-order valence-corrected chi connectivity index (χ4v) is 3.85. The van der Waals surface area contributed by atoms with E-state index in [1.54, 1.807) is 18.2 Å². The fourth-order valence-electron chi connectivity index (χ4n) is 3.85. The van der Waals surface area contributed by atoms with Crippen LogP contribution in [0.2, 0.25) is 0 Å². The lowest BCUT2D eigenvalue weighted by Gasteiger charge is -2.17. The number of benzene rings is 3. The Hall–Kier alpha value is -4.37. The molecule has 2 N–H and O–H groups in total. The standard InChI is InChI=1S/C27H26N2O7/c1-34-22-9-6-10-23(35-2)24(22)36-16-19(30)14-28-25(31)18-11-12-20-21(13-18)27(33)29(26(20)32)15-17-7-4-3-5-8-17/h3-13,19,30H,14-16H2,1-2H3,(H,28,31). The van der Waals surface area contributed by atoms with Gasteiger partial charge in [-0.15, -0.1) is 0 Å². The number of carbonyl (C=O) groups is 3. The molecule has 4 rings (SSSR count). The van der Waals surface area contributed by atoms with Crippen molar-refractivity contribution in [2.75, 3.05) is 27.4 Å². The number of aliphatic hydroxyl groups is 1. The quantitative estimate of drug-likeness (QED) is 0.420. The zero-order valence-electron chi connectivity index (χ0n) is 19.9. The predicted molar refractivity (Wildman–Crippen MR) is 130 cm³/mol. The summed E-state index contributed by atoms with van der Waals surface area (Å²) in [6.07, 6.45) is -1.03. The number of nitrogens with one attached hydrogen (secondary N) is 1. The van der Waals surface area contributed by atoms with Crippen LogP contribution in [-0.2, 0) is 6.54 Å². The van der Waals surface area contributed by atoms with E-state index in [1.165, 1.54) is 32.4 Å². The molecule has 0 bridgehead atoms. The second kappa shape index (κ2) is 10.9. The van der Waals surface area contributed by atoms with Crippen LogP contribution < -0.4 is 19.5 Å². The molecule has 0 aromatic heterocycles. The second-order valence-electron chi connectivity index (χ2n) is 8.11. The van der Waals surface area contributed by atoms with Gasteiger partial charge in [0.25, 0.3) is 17.7 Å². The molecule has 1 aliphatic rings. The molecule has 186 valence electrons. The third-order valence-electron chi connectivity index (χ3n) is 5.72. The Bertz CT molecular complexity index is 1250. The van der Waals surface area contributed by atoms with Crippen molar-refractivity contribution in [2.24, 2.45) is 0 Å². The van der Waals surface area contributed by atoms with Gasteiger partial charge in [-0.25, -0.2) is 0 Å². The van der Waals surface area contributed by atoms with E-state index in [2.05, 4.69) is 5.32 Å². The van der Waals surface area contributed by atoms with Crippen LogP contribution in [0, 0.1) is 0 Å². The van der Waals surface area contributed by atoms with E-state index in [9.17, 15) is 19.5 Å². The molecule has 36 heavy (non-hydrogen) atoms. The van der Waals surface area contributed by atoms with Gasteiger partial charge in [-0.05, 0) is 35.9 Å². The lowest BCUT2D eigenvalue weighted by molar-refractivity contribution is 0.0642. The SMILES string of the molecule is COc1cccc(OC)c1OCC(O)CNC(=O)c1ccc2c(c1)C(=O)N(Cc1ccccc1)C2=O. The summed E-state index contributed by atoms with van der Waals surface area (Å²) in [7, 11) is 2.99. The summed E-state index contributed by atoms with van der Waals surface area (Å²) in [6.45, 7) is -0.0685. The van der Waals surface area contributed by atoms with Crippen LogP contribution in [0.3, 0.4) is 0 Å². The first-order valence-electron chi connectivity index (χ1n) is 11.3. The lowest BCUT2D eigenvalue weighted by Crippen LogP contribution is -2.35. The summed E-state index contributed by atoms with van der Waals surface area (Å²) in [4.78, 5) is 39.4. The van der Waals surface area contributed by atoms with Crippen molar-refractivity contribution >= 4 is 17.7 Å². The van der Waals surface area contributed by atoms with Gasteiger partial charge in [0.2, 0.25) is 5.75 Å². The van der Waals surface area contributed by atoms with E-state index in [1.807, 2.05) is 30.3 Å². The van der Waals surface area contributed by atoms with Crippen LogP contribution in [0.25, 0.3) is 0 Å². The molecule has 0 spiro atoms. The minimum Gasteiger partial charge on any atom is -0.493 e. The first-order chi connectivity index (χ1) is 17.4. The highest BCUT2D eigenvalue weighted by molar-refractivity contribution is 6.22. The molecule has 0 fully saturated rings. The van der Waals surface area contributed by atoms with Gasteiger partial charge in [-0.2, -0.15) is 0 Å². The Morgan fingerprint density at radius 3 is 2.25 bits per heavy atom. The number of amides is 3. The Balaban J connectivity index is 1.36. The highest BCUT2D eigenvalue weighted by atomic mass is 16.5. The van der Waals surface area contributed by atoms with Crippen LogP contribution >= 0.6 is 0 Å². The van der Waals surface area contributed by atoms with Crippen LogP contribution in [0.5, 0.6) is 17.2 Å². The average molecular weight is 491 g/mol. The molecule has 1 aliphatic heterocycles. The highest BCUT2D eigenvalue weighted by Gasteiger charge is 2.36. The van der Waals surface area contributed by atoms with E-state index >= 15 is 0 Å². The molecule has 1 unspecified atom stereocenters. The topological polar surface area (TPSA) is 114 Å². The molecule has 0 saturated carbocycles. The average Bonchev–Trinajstić information content (AvgIpc) is 3.14. The maximum absolute atomic E-state index is 12.9. The zero-order valence-corrected chi connectivity index (χ0v) is 19.9. The van der Waals surface area contributed by atoms with Crippen molar-refractivity contribution in [2.45, 2.75) is 12.6 Å². The van der Waals surface area contributed by atoms with E-state index in [-0.39, 0.29) is 36.4 Å². The Kier molecular flexibility index (Phi) is 7.50. The van der Waals surface area contributed by atoms with Crippen LogP contribution in [-0.4, -0.2) is 61.2 Å². The minimum atomic E-state index is -1.03. The number of methoxy groups -OCH3 is 2. The summed E-state index contributed by atoms with van der Waals surface area (Å²) >= 11 is 0. The molecule has 9 heteroatoms. The third-order valence-corrected chi connectivity index (χ3v) is 5.72. The van der Waals surface area contributed by atoms with Crippen molar-refractivity contribution in [3.05, 3.63) is 89.0 Å². The largest absolute Gasteiger partial charge is 0.493 e. The van der Waals surface area contributed by atoms with Gasteiger partial charge in [0.15, 0.2) is 11.5 Å². The molecule has 0 radical (unpaired) electrons. The van der Waals surface area contributed by atoms with Gasteiger partial charge in [-0.1, -0.05) is 36.4 Å². The fraction of sp³-hybridized carbons (Fsp3) is 0.222. The number of nitrogens with zero attached hydrogens (tertiary/aromatic N) is 1. The molecule has 9 nitrogen and oxygen atoms in total. The number of aliphatic hydroxyl groups excluding tert-OH is 1. The molecule has 1 atom stereocenters. The number of hydrogen-bond acceptors (Lipinski definition) is 7. The summed E-state index contributed by atoms with van der Waals surface area (Å²) < 4.78 is 16.2. The first kappa shape index (κ1) is 24.7. The van der Waals surface area contributed by atoms with Gasteiger partial charge in [0.05, 0.1) is 31.9 Å². The number of rotatable bonds is 10. The van der Waals surface area contributed by atoms with Crippen molar-refractivity contribution in [1.29, 1.82) is 0 Å². The van der Waals surface area contributed by atoms with Crippen LogP contribution in [0.4, 0.5) is 0 Å². The molecule has 1 heterocycles. The summed E-state index contributed by atoms with van der Waals surface area (Å²) in [5.41, 5.74) is 1.46. The van der Waals surface area contributed by atoms with Crippen molar-refractivity contribution in [3.63, 3.8) is 0 Å². The summed E-state index contributed by atoms with van der Waals surface area (Å²) in [5.74, 6) is -0.102. The number of imide groups is 1. The zero-order chi connectivity index (χ0) is 25.7. The van der Waals surface area contributed by atoms with E-state index in [4.69, 9.17) is 14.2 Å². The Morgan fingerprint density at radius 2 is 1.58 bits per heavy atom. The second-order valence-corrected chi connectivity index (χ2v) is 8.11. The highest BCUT2D eigenvalue weighted by Crippen LogP contribution is 2.36. The lowest BCUT2D eigenvalue weighted by atomic mass is 10.1. The number of fused-ring (bicyclic) bond motifs is 1. The normalized spacial score (nSPS) is 13.2. The van der Waals surface area contributed by atoms with Crippen LogP contribution in [0.1, 0.15) is 36.6 Å². The van der Waals surface area contributed by atoms with Crippen molar-refractivity contribution in [1.82, 2.24) is 10.2 Å². The number of para-hydroxylation sites is 1. The van der Waals surface area contributed by atoms with Gasteiger partial charge in [-0.3, -0.25) is 19.3 Å².